The third-order valence-electron chi connectivity index (χ3n) is 4.53. The molecule has 144 valence electrons. The number of nitrogens with one attached hydrogen (secondary N) is 2. The molecule has 1 atom stereocenters. The molecule has 1 aliphatic heterocycles. The third kappa shape index (κ3) is 5.81. The summed E-state index contributed by atoms with van der Waals surface area (Å²) in [6, 6.07) is 5.70. The van der Waals surface area contributed by atoms with Crippen molar-refractivity contribution in [3.63, 3.8) is 0 Å². The molecule has 2 rings (SSSR count). The van der Waals surface area contributed by atoms with Gasteiger partial charge in [-0.15, -0.1) is 0 Å². The molecule has 0 aromatic heterocycles. The normalized spacial score (nSPS) is 17.5. The van der Waals surface area contributed by atoms with E-state index in [1.807, 2.05) is 0 Å². The highest BCUT2D eigenvalue weighted by atomic mass is 32.2. The van der Waals surface area contributed by atoms with Gasteiger partial charge in [0, 0.05) is 26.2 Å². The van der Waals surface area contributed by atoms with E-state index in [1.54, 1.807) is 0 Å². The molecule has 2 N–H and O–H groups in total. The molecule has 1 aliphatic rings. The molecule has 1 heterocycles. The molecule has 0 aliphatic carbocycles. The molecule has 2 amide bonds. The summed E-state index contributed by atoms with van der Waals surface area (Å²) in [5.74, 6) is -0.696. The van der Waals surface area contributed by atoms with Gasteiger partial charge in [0.1, 0.15) is 5.75 Å². The Morgan fingerprint density at radius 1 is 1.23 bits per heavy atom. The second-order valence-electron chi connectivity index (χ2n) is 6.83. The molecular formula is C18H27N3O4S. The summed E-state index contributed by atoms with van der Waals surface area (Å²) < 4.78 is 24.4. The lowest BCUT2D eigenvalue weighted by Gasteiger charge is -2.22. The van der Waals surface area contributed by atoms with Gasteiger partial charge >= 0.3 is 0 Å². The van der Waals surface area contributed by atoms with E-state index in [0.717, 1.165) is 19.5 Å². The first-order chi connectivity index (χ1) is 12.3. The van der Waals surface area contributed by atoms with E-state index >= 15 is 0 Å². The second-order valence-corrected chi connectivity index (χ2v) is 8.82. The second kappa shape index (κ2) is 9.14. The van der Waals surface area contributed by atoms with Gasteiger partial charge in [0.15, 0.2) is 9.84 Å². The standard InChI is InChI=1S/C18H27N3O4S/c1-21(2)17(22)13-26(24,25)16-7-5-15(6-8-16)18(23)20-11-9-14-4-3-10-19-12-14/h5-8,14,19H,3-4,9-13H2,1-2H3,(H,20,23). The quantitative estimate of drug-likeness (QED) is 0.724. The molecule has 1 unspecified atom stereocenters. The minimum Gasteiger partial charge on any atom is -0.352 e. The van der Waals surface area contributed by atoms with E-state index in [2.05, 4.69) is 10.6 Å². The number of sulfone groups is 1. The topological polar surface area (TPSA) is 95.6 Å². The van der Waals surface area contributed by atoms with Crippen LogP contribution in [0.25, 0.3) is 0 Å². The Bertz CT molecular complexity index is 723. The van der Waals surface area contributed by atoms with Crippen molar-refractivity contribution in [3.05, 3.63) is 29.8 Å². The number of hydrogen-bond acceptors (Lipinski definition) is 5. The lowest BCUT2D eigenvalue weighted by atomic mass is 9.96. The zero-order valence-electron chi connectivity index (χ0n) is 15.3. The smallest absolute Gasteiger partial charge is 0.251 e. The first-order valence-corrected chi connectivity index (χ1v) is 10.5. The average Bonchev–Trinajstić information content (AvgIpc) is 2.62. The lowest BCUT2D eigenvalue weighted by molar-refractivity contribution is -0.125. The van der Waals surface area contributed by atoms with Gasteiger partial charge < -0.3 is 15.5 Å². The van der Waals surface area contributed by atoms with Crippen LogP contribution >= 0.6 is 0 Å². The predicted octanol–water partition coefficient (Wildman–Crippen LogP) is 0.668. The first kappa shape index (κ1) is 20.4. The average molecular weight is 381 g/mol. The number of carbonyl (C=O) groups excluding carboxylic acids is 2. The zero-order chi connectivity index (χ0) is 19.2. The maximum absolute atomic E-state index is 12.2. The molecule has 1 aromatic rings. The maximum Gasteiger partial charge on any atom is 0.251 e. The lowest BCUT2D eigenvalue weighted by Crippen LogP contribution is -2.33. The molecule has 7 nitrogen and oxygen atoms in total. The van der Waals surface area contributed by atoms with Crippen LogP contribution in [0.3, 0.4) is 0 Å². The van der Waals surface area contributed by atoms with Crippen LogP contribution < -0.4 is 10.6 Å². The fraction of sp³-hybridized carbons (Fsp3) is 0.556. The highest BCUT2D eigenvalue weighted by Gasteiger charge is 2.21. The van der Waals surface area contributed by atoms with Crippen molar-refractivity contribution in [2.45, 2.75) is 24.2 Å². The Hall–Kier alpha value is -1.93. The molecule has 26 heavy (non-hydrogen) atoms. The number of benzene rings is 1. The Kier molecular flexibility index (Phi) is 7.16. The number of amides is 2. The minimum atomic E-state index is -3.71. The van der Waals surface area contributed by atoms with E-state index in [-0.39, 0.29) is 10.8 Å². The summed E-state index contributed by atoms with van der Waals surface area (Å²) in [6.07, 6.45) is 3.28. The summed E-state index contributed by atoms with van der Waals surface area (Å²) in [5.41, 5.74) is 0.407. The number of hydrogen-bond donors (Lipinski definition) is 2. The van der Waals surface area contributed by atoms with Crippen LogP contribution in [0.5, 0.6) is 0 Å². The highest BCUT2D eigenvalue weighted by molar-refractivity contribution is 7.92. The largest absolute Gasteiger partial charge is 0.352 e. The molecule has 8 heteroatoms. The summed E-state index contributed by atoms with van der Waals surface area (Å²) in [7, 11) is -0.691. The summed E-state index contributed by atoms with van der Waals surface area (Å²) >= 11 is 0. The van der Waals surface area contributed by atoms with Gasteiger partial charge in [-0.2, -0.15) is 0 Å². The Balaban J connectivity index is 1.89. The van der Waals surface area contributed by atoms with Gasteiger partial charge in [-0.25, -0.2) is 8.42 Å². The van der Waals surface area contributed by atoms with E-state index in [0.29, 0.717) is 18.0 Å². The van der Waals surface area contributed by atoms with Crippen LogP contribution in [0.15, 0.2) is 29.2 Å². The van der Waals surface area contributed by atoms with Crippen LogP contribution in [-0.4, -0.2) is 64.6 Å². The van der Waals surface area contributed by atoms with Crippen molar-refractivity contribution in [1.29, 1.82) is 0 Å². The van der Waals surface area contributed by atoms with Crippen molar-refractivity contribution >= 4 is 21.7 Å². The van der Waals surface area contributed by atoms with E-state index < -0.39 is 21.5 Å². The van der Waals surface area contributed by atoms with Crippen molar-refractivity contribution in [2.24, 2.45) is 5.92 Å². The van der Waals surface area contributed by atoms with Crippen LogP contribution in [0.2, 0.25) is 0 Å². The SMILES string of the molecule is CN(C)C(=O)CS(=O)(=O)c1ccc(C(=O)NCCC2CCCNC2)cc1. The Morgan fingerprint density at radius 3 is 2.50 bits per heavy atom. The Labute approximate surface area is 155 Å². The van der Waals surface area contributed by atoms with Gasteiger partial charge in [0.05, 0.1) is 4.90 Å². The molecule has 0 saturated carbocycles. The van der Waals surface area contributed by atoms with Crippen LogP contribution in [0.1, 0.15) is 29.6 Å². The summed E-state index contributed by atoms with van der Waals surface area (Å²) in [5, 5.41) is 6.22. The minimum absolute atomic E-state index is 0.0394. The fourth-order valence-electron chi connectivity index (χ4n) is 2.85. The third-order valence-corrected chi connectivity index (χ3v) is 6.14. The van der Waals surface area contributed by atoms with Gasteiger partial charge in [-0.05, 0) is 62.5 Å². The monoisotopic (exact) mass is 381 g/mol. The Morgan fingerprint density at radius 2 is 1.92 bits per heavy atom. The van der Waals surface area contributed by atoms with E-state index in [4.69, 9.17) is 0 Å². The number of carbonyl (C=O) groups is 2. The van der Waals surface area contributed by atoms with Gasteiger partial charge in [-0.1, -0.05) is 0 Å². The first-order valence-electron chi connectivity index (χ1n) is 8.81. The molecule has 1 aromatic carbocycles. The van der Waals surface area contributed by atoms with Gasteiger partial charge in [-0.3, -0.25) is 9.59 Å². The highest BCUT2D eigenvalue weighted by Crippen LogP contribution is 2.14. The zero-order valence-corrected chi connectivity index (χ0v) is 16.1. The molecule has 0 radical (unpaired) electrons. The van der Waals surface area contributed by atoms with Crippen LogP contribution in [-0.2, 0) is 14.6 Å². The van der Waals surface area contributed by atoms with Crippen molar-refractivity contribution in [3.8, 4) is 0 Å². The maximum atomic E-state index is 12.2. The van der Waals surface area contributed by atoms with Gasteiger partial charge in [0.2, 0.25) is 5.91 Å². The molecule has 1 fully saturated rings. The van der Waals surface area contributed by atoms with E-state index in [9.17, 15) is 18.0 Å². The molecule has 1 saturated heterocycles. The van der Waals surface area contributed by atoms with Crippen molar-refractivity contribution in [1.82, 2.24) is 15.5 Å². The predicted molar refractivity (Wildman–Crippen MR) is 99.7 cm³/mol. The van der Waals surface area contributed by atoms with Crippen molar-refractivity contribution in [2.75, 3.05) is 39.5 Å². The summed E-state index contributed by atoms with van der Waals surface area (Å²) in [6.45, 7) is 2.66. The molecule has 0 spiro atoms. The summed E-state index contributed by atoms with van der Waals surface area (Å²) in [4.78, 5) is 25.1. The van der Waals surface area contributed by atoms with Gasteiger partial charge in [0.25, 0.3) is 5.91 Å². The number of rotatable bonds is 7. The van der Waals surface area contributed by atoms with Crippen LogP contribution in [0, 0.1) is 5.92 Å². The van der Waals surface area contributed by atoms with Crippen LogP contribution in [0.4, 0.5) is 0 Å². The number of nitrogens with zero attached hydrogens (tertiary/aromatic N) is 1. The molecule has 0 bridgehead atoms. The number of piperidine rings is 1. The van der Waals surface area contributed by atoms with E-state index in [1.165, 1.54) is 56.1 Å². The van der Waals surface area contributed by atoms with Crippen molar-refractivity contribution < 1.29 is 18.0 Å². The fourth-order valence-corrected chi connectivity index (χ4v) is 4.15. The molecular weight excluding hydrogens is 354 g/mol.